The predicted octanol–water partition coefficient (Wildman–Crippen LogP) is 4.79. The summed E-state index contributed by atoms with van der Waals surface area (Å²) in [4.78, 5) is 2.73. The summed E-state index contributed by atoms with van der Waals surface area (Å²) in [7, 11) is 0. The minimum atomic E-state index is 0. The Morgan fingerprint density at radius 2 is 1.43 bits per heavy atom. The molecule has 2 nitrogen and oxygen atoms in total. The largest absolute Gasteiger partial charge is 0.314 e. The predicted molar refractivity (Wildman–Crippen MR) is 104 cm³/mol. The number of rotatable bonds is 4. The molecule has 0 aromatic heterocycles. The SMILES string of the molecule is CC(C)c1ccc([C@H](C2CCCC2)N2CCNCC2)cc1.Cl.Cl. The average Bonchev–Trinajstić information content (AvgIpc) is 3.03. The van der Waals surface area contributed by atoms with E-state index in [0.717, 1.165) is 19.0 Å². The molecule has 1 heterocycles. The summed E-state index contributed by atoms with van der Waals surface area (Å²) in [6.07, 6.45) is 5.69. The maximum atomic E-state index is 3.49. The summed E-state index contributed by atoms with van der Waals surface area (Å²) in [5.41, 5.74) is 3.01. The van der Waals surface area contributed by atoms with Gasteiger partial charge in [0.1, 0.15) is 0 Å². The van der Waals surface area contributed by atoms with Crippen molar-refractivity contribution in [3.63, 3.8) is 0 Å². The van der Waals surface area contributed by atoms with Crippen molar-refractivity contribution < 1.29 is 0 Å². The second kappa shape index (κ2) is 9.88. The van der Waals surface area contributed by atoms with Crippen LogP contribution in [0.4, 0.5) is 0 Å². The molecule has 0 radical (unpaired) electrons. The number of halogens is 2. The molecule has 1 atom stereocenters. The van der Waals surface area contributed by atoms with Crippen molar-refractivity contribution in [1.29, 1.82) is 0 Å². The van der Waals surface area contributed by atoms with Crippen LogP contribution in [0, 0.1) is 5.92 Å². The van der Waals surface area contributed by atoms with Crippen LogP contribution < -0.4 is 5.32 Å². The number of hydrogen-bond donors (Lipinski definition) is 1. The van der Waals surface area contributed by atoms with Crippen molar-refractivity contribution in [3.05, 3.63) is 35.4 Å². The van der Waals surface area contributed by atoms with Crippen molar-refractivity contribution in [1.82, 2.24) is 10.2 Å². The summed E-state index contributed by atoms with van der Waals surface area (Å²) < 4.78 is 0. The van der Waals surface area contributed by atoms with Crippen molar-refractivity contribution >= 4 is 24.8 Å². The fourth-order valence-corrected chi connectivity index (χ4v) is 4.09. The Morgan fingerprint density at radius 1 is 0.913 bits per heavy atom. The summed E-state index contributed by atoms with van der Waals surface area (Å²) in [6, 6.07) is 10.2. The van der Waals surface area contributed by atoms with Crippen LogP contribution in [0.3, 0.4) is 0 Å². The third-order valence-electron chi connectivity index (χ3n) is 5.34. The molecular formula is C19H32Cl2N2. The Kier molecular flexibility index (Phi) is 8.92. The molecular weight excluding hydrogens is 327 g/mol. The van der Waals surface area contributed by atoms with E-state index < -0.39 is 0 Å². The summed E-state index contributed by atoms with van der Waals surface area (Å²) in [6.45, 7) is 9.25. The molecule has 4 heteroatoms. The molecule has 2 fully saturated rings. The second-order valence-electron chi connectivity index (χ2n) is 7.10. The van der Waals surface area contributed by atoms with Gasteiger partial charge in [0.05, 0.1) is 0 Å². The molecule has 0 unspecified atom stereocenters. The zero-order valence-electron chi connectivity index (χ0n) is 14.5. The van der Waals surface area contributed by atoms with E-state index >= 15 is 0 Å². The molecule has 1 aliphatic carbocycles. The lowest BCUT2D eigenvalue weighted by Crippen LogP contribution is -2.46. The van der Waals surface area contributed by atoms with Crippen molar-refractivity contribution in [2.45, 2.75) is 51.5 Å². The molecule has 1 aromatic carbocycles. The quantitative estimate of drug-likeness (QED) is 0.832. The van der Waals surface area contributed by atoms with Gasteiger partial charge < -0.3 is 5.32 Å². The van der Waals surface area contributed by atoms with Gasteiger partial charge in [-0.2, -0.15) is 0 Å². The van der Waals surface area contributed by atoms with Gasteiger partial charge in [0.25, 0.3) is 0 Å². The zero-order valence-corrected chi connectivity index (χ0v) is 16.1. The normalized spacial score (nSPS) is 20.8. The fourth-order valence-electron chi connectivity index (χ4n) is 4.09. The van der Waals surface area contributed by atoms with Crippen LogP contribution in [0.15, 0.2) is 24.3 Å². The molecule has 132 valence electrons. The van der Waals surface area contributed by atoms with Gasteiger partial charge in [0.15, 0.2) is 0 Å². The van der Waals surface area contributed by atoms with Crippen LogP contribution in [0.2, 0.25) is 0 Å². The van der Waals surface area contributed by atoms with E-state index in [-0.39, 0.29) is 24.8 Å². The first-order valence-electron chi connectivity index (χ1n) is 8.80. The Hall–Kier alpha value is -0.280. The van der Waals surface area contributed by atoms with E-state index in [4.69, 9.17) is 0 Å². The highest BCUT2D eigenvalue weighted by Gasteiger charge is 2.31. The number of hydrogen-bond acceptors (Lipinski definition) is 2. The van der Waals surface area contributed by atoms with E-state index in [9.17, 15) is 0 Å². The standard InChI is InChI=1S/C19H30N2.2ClH/c1-15(2)16-7-9-18(10-8-16)19(17-5-3-4-6-17)21-13-11-20-12-14-21;;/h7-10,15,17,19-20H,3-6,11-14H2,1-2H3;2*1H/t19-;;/m0../s1. The van der Waals surface area contributed by atoms with Crippen LogP contribution in [-0.2, 0) is 0 Å². The van der Waals surface area contributed by atoms with Gasteiger partial charge in [-0.05, 0) is 35.8 Å². The highest BCUT2D eigenvalue weighted by atomic mass is 35.5. The molecule has 0 spiro atoms. The van der Waals surface area contributed by atoms with Crippen molar-refractivity contribution in [2.75, 3.05) is 26.2 Å². The van der Waals surface area contributed by atoms with Gasteiger partial charge >= 0.3 is 0 Å². The molecule has 1 saturated carbocycles. The van der Waals surface area contributed by atoms with Gasteiger partial charge in [-0.3, -0.25) is 4.90 Å². The lowest BCUT2D eigenvalue weighted by molar-refractivity contribution is 0.125. The summed E-state index contributed by atoms with van der Waals surface area (Å²) in [5, 5.41) is 3.49. The summed E-state index contributed by atoms with van der Waals surface area (Å²) >= 11 is 0. The summed E-state index contributed by atoms with van der Waals surface area (Å²) in [5.74, 6) is 1.50. The number of nitrogens with zero attached hydrogens (tertiary/aromatic N) is 1. The van der Waals surface area contributed by atoms with E-state index in [2.05, 4.69) is 48.3 Å². The fraction of sp³-hybridized carbons (Fsp3) is 0.684. The van der Waals surface area contributed by atoms with Gasteiger partial charge in [-0.25, -0.2) is 0 Å². The number of piperazine rings is 1. The lowest BCUT2D eigenvalue weighted by Gasteiger charge is -2.38. The average molecular weight is 359 g/mol. The van der Waals surface area contributed by atoms with Crippen LogP contribution in [0.25, 0.3) is 0 Å². The third-order valence-corrected chi connectivity index (χ3v) is 5.34. The Morgan fingerprint density at radius 3 is 1.96 bits per heavy atom. The molecule has 1 aromatic rings. The maximum absolute atomic E-state index is 3.49. The van der Waals surface area contributed by atoms with Crippen LogP contribution >= 0.6 is 24.8 Å². The Bertz CT molecular complexity index is 435. The third kappa shape index (κ3) is 5.09. The molecule has 3 rings (SSSR count). The van der Waals surface area contributed by atoms with Gasteiger partial charge in [-0.1, -0.05) is 51.0 Å². The van der Waals surface area contributed by atoms with Gasteiger partial charge in [0.2, 0.25) is 0 Å². The van der Waals surface area contributed by atoms with E-state index in [0.29, 0.717) is 12.0 Å². The molecule has 1 saturated heterocycles. The smallest absolute Gasteiger partial charge is 0.0377 e. The van der Waals surface area contributed by atoms with Crippen molar-refractivity contribution in [3.8, 4) is 0 Å². The van der Waals surface area contributed by atoms with Gasteiger partial charge in [0, 0.05) is 32.2 Å². The molecule has 0 bridgehead atoms. The minimum absolute atomic E-state index is 0. The van der Waals surface area contributed by atoms with E-state index in [1.54, 1.807) is 5.56 Å². The number of nitrogens with one attached hydrogen (secondary N) is 1. The van der Waals surface area contributed by atoms with E-state index in [1.807, 2.05) is 0 Å². The molecule has 2 aliphatic rings. The monoisotopic (exact) mass is 358 g/mol. The number of benzene rings is 1. The van der Waals surface area contributed by atoms with Gasteiger partial charge in [-0.15, -0.1) is 24.8 Å². The highest BCUT2D eigenvalue weighted by Crippen LogP contribution is 2.39. The second-order valence-corrected chi connectivity index (χ2v) is 7.10. The lowest BCUT2D eigenvalue weighted by atomic mass is 9.88. The molecule has 1 N–H and O–H groups in total. The van der Waals surface area contributed by atoms with Crippen LogP contribution in [-0.4, -0.2) is 31.1 Å². The van der Waals surface area contributed by atoms with Crippen LogP contribution in [0.5, 0.6) is 0 Å². The highest BCUT2D eigenvalue weighted by molar-refractivity contribution is 5.85. The van der Waals surface area contributed by atoms with Crippen molar-refractivity contribution in [2.24, 2.45) is 5.92 Å². The molecule has 23 heavy (non-hydrogen) atoms. The maximum Gasteiger partial charge on any atom is 0.0377 e. The topological polar surface area (TPSA) is 15.3 Å². The van der Waals surface area contributed by atoms with E-state index in [1.165, 1.54) is 44.3 Å². The Balaban J connectivity index is 0.00000132. The molecule has 1 aliphatic heterocycles. The first-order valence-corrected chi connectivity index (χ1v) is 8.80. The molecule has 0 amide bonds. The van der Waals surface area contributed by atoms with Crippen LogP contribution in [0.1, 0.15) is 62.6 Å². The Labute approximate surface area is 154 Å². The first kappa shape index (κ1) is 20.8. The zero-order chi connectivity index (χ0) is 14.7. The minimum Gasteiger partial charge on any atom is -0.314 e. The first-order chi connectivity index (χ1) is 10.3.